The van der Waals surface area contributed by atoms with E-state index in [1.165, 1.54) is 6.20 Å². The SMILES string of the molecule is CCc1ccc2c(CN3CCCC(C(=O)Nc4ccc(Cl)cn4)C3)cc(=O)oc2c1. The van der Waals surface area contributed by atoms with E-state index in [1.54, 1.807) is 18.2 Å². The van der Waals surface area contributed by atoms with Gasteiger partial charge in [0.15, 0.2) is 0 Å². The number of nitrogens with one attached hydrogen (secondary N) is 1. The first-order valence-electron chi connectivity index (χ1n) is 10.2. The topological polar surface area (TPSA) is 75.4 Å². The molecule has 1 fully saturated rings. The van der Waals surface area contributed by atoms with Crippen molar-refractivity contribution in [1.82, 2.24) is 9.88 Å². The molecular weight excluding hydrogens is 402 g/mol. The van der Waals surface area contributed by atoms with Gasteiger partial charge in [-0.25, -0.2) is 9.78 Å². The molecule has 0 bridgehead atoms. The van der Waals surface area contributed by atoms with Crippen molar-refractivity contribution in [2.75, 3.05) is 18.4 Å². The summed E-state index contributed by atoms with van der Waals surface area (Å²) in [7, 11) is 0. The quantitative estimate of drug-likeness (QED) is 0.618. The van der Waals surface area contributed by atoms with Crippen molar-refractivity contribution in [3.8, 4) is 0 Å². The summed E-state index contributed by atoms with van der Waals surface area (Å²) in [4.78, 5) is 31.2. The van der Waals surface area contributed by atoms with Crippen LogP contribution >= 0.6 is 11.6 Å². The number of carbonyl (C=O) groups is 1. The lowest BCUT2D eigenvalue weighted by atomic mass is 9.96. The van der Waals surface area contributed by atoms with Crippen LogP contribution in [-0.4, -0.2) is 28.9 Å². The minimum atomic E-state index is -0.342. The number of amides is 1. The molecule has 0 aliphatic carbocycles. The number of hydrogen-bond donors (Lipinski definition) is 1. The van der Waals surface area contributed by atoms with Crippen LogP contribution in [0.5, 0.6) is 0 Å². The highest BCUT2D eigenvalue weighted by Crippen LogP contribution is 2.24. The van der Waals surface area contributed by atoms with Crippen molar-refractivity contribution in [3.63, 3.8) is 0 Å². The number of halogens is 1. The van der Waals surface area contributed by atoms with Gasteiger partial charge in [0, 0.05) is 30.7 Å². The number of pyridine rings is 1. The number of fused-ring (bicyclic) bond motifs is 1. The molecule has 1 aliphatic rings. The number of anilines is 1. The first-order valence-corrected chi connectivity index (χ1v) is 10.6. The number of nitrogens with zero attached hydrogens (tertiary/aromatic N) is 2. The average Bonchev–Trinajstić information content (AvgIpc) is 2.75. The van der Waals surface area contributed by atoms with Crippen molar-refractivity contribution in [1.29, 1.82) is 0 Å². The molecule has 0 radical (unpaired) electrons. The summed E-state index contributed by atoms with van der Waals surface area (Å²) in [6.07, 6.45) is 4.15. The summed E-state index contributed by atoms with van der Waals surface area (Å²) < 4.78 is 5.41. The van der Waals surface area contributed by atoms with Gasteiger partial charge in [0.05, 0.1) is 10.9 Å². The van der Waals surface area contributed by atoms with Crippen molar-refractivity contribution < 1.29 is 9.21 Å². The van der Waals surface area contributed by atoms with E-state index in [0.717, 1.165) is 42.3 Å². The normalized spacial score (nSPS) is 17.2. The Hall–Kier alpha value is -2.70. The van der Waals surface area contributed by atoms with Gasteiger partial charge in [-0.2, -0.15) is 0 Å². The number of carbonyl (C=O) groups excluding carboxylic acids is 1. The van der Waals surface area contributed by atoms with E-state index in [0.29, 0.717) is 29.5 Å². The van der Waals surface area contributed by atoms with Gasteiger partial charge in [0.1, 0.15) is 11.4 Å². The van der Waals surface area contributed by atoms with Gasteiger partial charge in [0.25, 0.3) is 0 Å². The number of aromatic nitrogens is 1. The van der Waals surface area contributed by atoms with Crippen LogP contribution in [0.1, 0.15) is 30.9 Å². The number of benzene rings is 1. The molecule has 1 aliphatic heterocycles. The fourth-order valence-electron chi connectivity index (χ4n) is 3.96. The summed E-state index contributed by atoms with van der Waals surface area (Å²) in [5, 5.41) is 4.35. The molecule has 0 spiro atoms. The van der Waals surface area contributed by atoms with Crippen molar-refractivity contribution in [2.45, 2.75) is 32.7 Å². The molecule has 3 heterocycles. The molecule has 7 heteroatoms. The maximum absolute atomic E-state index is 12.7. The maximum Gasteiger partial charge on any atom is 0.336 e. The lowest BCUT2D eigenvalue weighted by Gasteiger charge is -2.32. The summed E-state index contributed by atoms with van der Waals surface area (Å²) >= 11 is 5.85. The number of rotatable bonds is 5. The maximum atomic E-state index is 12.7. The van der Waals surface area contributed by atoms with E-state index < -0.39 is 0 Å². The van der Waals surface area contributed by atoms with E-state index in [4.69, 9.17) is 16.0 Å². The molecular formula is C23H24ClN3O3. The fourth-order valence-corrected chi connectivity index (χ4v) is 4.07. The second-order valence-corrected chi connectivity index (χ2v) is 8.14. The van der Waals surface area contributed by atoms with E-state index in [-0.39, 0.29) is 17.5 Å². The molecule has 156 valence electrons. The Morgan fingerprint density at radius 3 is 2.93 bits per heavy atom. The van der Waals surface area contributed by atoms with Gasteiger partial charge in [-0.05, 0) is 55.1 Å². The summed E-state index contributed by atoms with van der Waals surface area (Å²) in [5.41, 5.74) is 2.35. The van der Waals surface area contributed by atoms with Crippen LogP contribution in [0.15, 0.2) is 51.8 Å². The van der Waals surface area contributed by atoms with Gasteiger partial charge in [-0.3, -0.25) is 9.69 Å². The Bertz CT molecular complexity index is 1110. The molecule has 3 aromatic rings. The molecule has 0 saturated carbocycles. The fraction of sp³-hybridized carbons (Fsp3) is 0.348. The van der Waals surface area contributed by atoms with Crippen LogP contribution in [-0.2, 0) is 17.8 Å². The van der Waals surface area contributed by atoms with Crippen LogP contribution in [0.2, 0.25) is 5.02 Å². The second-order valence-electron chi connectivity index (χ2n) is 7.70. The third kappa shape index (κ3) is 4.71. The molecule has 1 aromatic carbocycles. The molecule has 6 nitrogen and oxygen atoms in total. The summed E-state index contributed by atoms with van der Waals surface area (Å²) in [6.45, 7) is 4.20. The lowest BCUT2D eigenvalue weighted by molar-refractivity contribution is -0.121. The predicted molar refractivity (Wildman–Crippen MR) is 118 cm³/mol. The largest absolute Gasteiger partial charge is 0.423 e. The smallest absolute Gasteiger partial charge is 0.336 e. The van der Waals surface area contributed by atoms with Crippen molar-refractivity contribution in [2.24, 2.45) is 5.92 Å². The first-order chi connectivity index (χ1) is 14.5. The Labute approximate surface area is 179 Å². The number of piperidine rings is 1. The monoisotopic (exact) mass is 425 g/mol. The van der Waals surface area contributed by atoms with E-state index >= 15 is 0 Å². The summed E-state index contributed by atoms with van der Waals surface area (Å²) in [5.74, 6) is 0.328. The standard InChI is InChI=1S/C23H24ClN3O3/c1-2-15-5-7-19-17(11-22(28)30-20(19)10-15)14-27-9-3-4-16(13-27)23(29)26-21-8-6-18(24)12-25-21/h5-8,10-12,16H,2-4,9,13-14H2,1H3,(H,25,26,29). The third-order valence-corrected chi connectivity index (χ3v) is 5.78. The number of likely N-dealkylation sites (tertiary alicyclic amines) is 1. The Morgan fingerprint density at radius 1 is 1.30 bits per heavy atom. The highest BCUT2D eigenvalue weighted by atomic mass is 35.5. The third-order valence-electron chi connectivity index (χ3n) is 5.55. The zero-order chi connectivity index (χ0) is 21.1. The predicted octanol–water partition coefficient (Wildman–Crippen LogP) is 4.25. The Balaban J connectivity index is 1.48. The Morgan fingerprint density at radius 2 is 2.17 bits per heavy atom. The number of aryl methyl sites for hydroxylation is 1. The van der Waals surface area contributed by atoms with Gasteiger partial charge in [-0.15, -0.1) is 0 Å². The zero-order valence-electron chi connectivity index (χ0n) is 16.9. The van der Waals surface area contributed by atoms with Crippen LogP contribution in [0.4, 0.5) is 5.82 Å². The molecule has 4 rings (SSSR count). The first kappa shape index (κ1) is 20.6. The van der Waals surface area contributed by atoms with E-state index in [9.17, 15) is 9.59 Å². The second kappa shape index (κ2) is 8.98. The van der Waals surface area contributed by atoms with Crippen LogP contribution in [0, 0.1) is 5.92 Å². The molecule has 1 amide bonds. The van der Waals surface area contributed by atoms with Crippen LogP contribution in [0.3, 0.4) is 0 Å². The molecule has 1 atom stereocenters. The van der Waals surface area contributed by atoms with Crippen molar-refractivity contribution >= 4 is 34.3 Å². The van der Waals surface area contributed by atoms with E-state index in [2.05, 4.69) is 28.2 Å². The Kier molecular flexibility index (Phi) is 6.16. The number of hydrogen-bond acceptors (Lipinski definition) is 5. The van der Waals surface area contributed by atoms with Crippen LogP contribution < -0.4 is 10.9 Å². The van der Waals surface area contributed by atoms with Gasteiger partial charge < -0.3 is 9.73 Å². The molecule has 30 heavy (non-hydrogen) atoms. The van der Waals surface area contributed by atoms with Gasteiger partial charge in [-0.1, -0.05) is 30.7 Å². The van der Waals surface area contributed by atoms with Crippen LogP contribution in [0.25, 0.3) is 11.0 Å². The molecule has 1 unspecified atom stereocenters. The van der Waals surface area contributed by atoms with Gasteiger partial charge in [0.2, 0.25) is 5.91 Å². The van der Waals surface area contributed by atoms with Gasteiger partial charge >= 0.3 is 5.63 Å². The minimum Gasteiger partial charge on any atom is -0.423 e. The molecule has 1 N–H and O–H groups in total. The zero-order valence-corrected chi connectivity index (χ0v) is 17.6. The highest BCUT2D eigenvalue weighted by Gasteiger charge is 2.26. The summed E-state index contributed by atoms with van der Waals surface area (Å²) in [6, 6.07) is 11.0. The molecule has 1 saturated heterocycles. The molecule has 2 aromatic heterocycles. The highest BCUT2D eigenvalue weighted by molar-refractivity contribution is 6.30. The minimum absolute atomic E-state index is 0.0421. The van der Waals surface area contributed by atoms with E-state index in [1.807, 2.05) is 12.1 Å². The lowest BCUT2D eigenvalue weighted by Crippen LogP contribution is -2.40. The van der Waals surface area contributed by atoms with Crippen molar-refractivity contribution in [3.05, 3.63) is 69.2 Å². The average molecular weight is 426 g/mol.